The zero-order valence-electron chi connectivity index (χ0n) is 11.2. The highest BCUT2D eigenvalue weighted by Gasteiger charge is 2.28. The Kier molecular flexibility index (Phi) is 5.14. The van der Waals surface area contributed by atoms with Gasteiger partial charge >= 0.3 is 0 Å². The Hall–Kier alpha value is -0.270. The molecule has 1 amide bonds. The number of thioether (sulfide) groups is 1. The molecule has 7 heteroatoms. The molecule has 0 aromatic heterocycles. The molecular formula is C12H22N2O3S2. The van der Waals surface area contributed by atoms with Crippen LogP contribution in [0.15, 0.2) is 0 Å². The van der Waals surface area contributed by atoms with Gasteiger partial charge in [-0.3, -0.25) is 4.79 Å². The average molecular weight is 306 g/mol. The van der Waals surface area contributed by atoms with Crippen molar-refractivity contribution in [2.24, 2.45) is 0 Å². The van der Waals surface area contributed by atoms with Crippen LogP contribution >= 0.6 is 11.8 Å². The van der Waals surface area contributed by atoms with Gasteiger partial charge in [0, 0.05) is 30.3 Å². The van der Waals surface area contributed by atoms with Crippen LogP contribution in [0.2, 0.25) is 0 Å². The van der Waals surface area contributed by atoms with Crippen molar-refractivity contribution in [1.29, 1.82) is 0 Å². The first-order chi connectivity index (χ1) is 8.98. The molecule has 3 unspecified atom stereocenters. The van der Waals surface area contributed by atoms with Crippen molar-refractivity contribution in [2.45, 2.75) is 43.0 Å². The molecule has 0 radical (unpaired) electrons. The summed E-state index contributed by atoms with van der Waals surface area (Å²) < 4.78 is 23.0. The highest BCUT2D eigenvalue weighted by Crippen LogP contribution is 2.28. The Morgan fingerprint density at radius 2 is 2.21 bits per heavy atom. The third-order valence-corrected chi connectivity index (χ3v) is 6.65. The van der Waals surface area contributed by atoms with Crippen molar-refractivity contribution < 1.29 is 13.2 Å². The van der Waals surface area contributed by atoms with Crippen molar-refractivity contribution in [3.05, 3.63) is 0 Å². The number of nitrogens with one attached hydrogen (secondary N) is 2. The average Bonchev–Trinajstić information content (AvgIpc) is 2.75. The summed E-state index contributed by atoms with van der Waals surface area (Å²) in [5.41, 5.74) is 0. The molecule has 1 aliphatic carbocycles. The smallest absolute Gasteiger partial charge is 0.221 e. The fourth-order valence-corrected chi connectivity index (χ4v) is 5.03. The Morgan fingerprint density at radius 1 is 1.42 bits per heavy atom. The van der Waals surface area contributed by atoms with E-state index in [1.54, 1.807) is 0 Å². The molecule has 0 aromatic rings. The van der Waals surface area contributed by atoms with Gasteiger partial charge < -0.3 is 10.6 Å². The largest absolute Gasteiger partial charge is 0.353 e. The molecule has 5 nitrogen and oxygen atoms in total. The minimum Gasteiger partial charge on any atom is -0.353 e. The molecule has 19 heavy (non-hydrogen) atoms. The van der Waals surface area contributed by atoms with E-state index in [1.807, 2.05) is 11.8 Å². The second-order valence-electron chi connectivity index (χ2n) is 5.40. The second-order valence-corrected chi connectivity index (χ2v) is 8.77. The van der Waals surface area contributed by atoms with Crippen LogP contribution in [-0.4, -0.2) is 56.0 Å². The number of carbonyl (C=O) groups is 1. The van der Waals surface area contributed by atoms with Crippen molar-refractivity contribution in [3.63, 3.8) is 0 Å². The molecule has 1 heterocycles. The highest BCUT2D eigenvalue weighted by molar-refractivity contribution is 7.99. The van der Waals surface area contributed by atoms with Gasteiger partial charge in [0.05, 0.1) is 11.5 Å². The summed E-state index contributed by atoms with van der Waals surface area (Å²) in [6, 6.07) is 0.0432. The quantitative estimate of drug-likeness (QED) is 0.774. The molecule has 2 rings (SSSR count). The van der Waals surface area contributed by atoms with E-state index in [1.165, 1.54) is 0 Å². The van der Waals surface area contributed by atoms with Crippen LogP contribution in [0.25, 0.3) is 0 Å². The van der Waals surface area contributed by atoms with Crippen LogP contribution in [0, 0.1) is 0 Å². The maximum atomic E-state index is 11.9. The normalized spacial score (nSPS) is 34.1. The van der Waals surface area contributed by atoms with Crippen LogP contribution in [-0.2, 0) is 14.6 Å². The SMILES string of the molecule is CSC1CCC(NC(=O)CC2CS(=O)(=O)CCN2)C1. The summed E-state index contributed by atoms with van der Waals surface area (Å²) in [7, 11) is -2.96. The first-order valence-electron chi connectivity index (χ1n) is 6.74. The lowest BCUT2D eigenvalue weighted by molar-refractivity contribution is -0.122. The van der Waals surface area contributed by atoms with Crippen LogP contribution in [0.5, 0.6) is 0 Å². The third-order valence-electron chi connectivity index (χ3n) is 3.82. The van der Waals surface area contributed by atoms with E-state index in [0.29, 0.717) is 11.8 Å². The van der Waals surface area contributed by atoms with Crippen molar-refractivity contribution in [3.8, 4) is 0 Å². The zero-order chi connectivity index (χ0) is 13.9. The first-order valence-corrected chi connectivity index (χ1v) is 9.85. The topological polar surface area (TPSA) is 75.3 Å². The van der Waals surface area contributed by atoms with Gasteiger partial charge in [0.1, 0.15) is 0 Å². The fraction of sp³-hybridized carbons (Fsp3) is 0.917. The van der Waals surface area contributed by atoms with Gasteiger partial charge in [0.2, 0.25) is 5.91 Å². The number of carbonyl (C=O) groups excluding carboxylic acids is 1. The van der Waals surface area contributed by atoms with Crippen LogP contribution in [0.1, 0.15) is 25.7 Å². The third kappa shape index (κ3) is 4.65. The molecule has 110 valence electrons. The van der Waals surface area contributed by atoms with Crippen LogP contribution < -0.4 is 10.6 Å². The van der Waals surface area contributed by atoms with E-state index in [-0.39, 0.29) is 35.9 Å². The molecule has 0 bridgehead atoms. The zero-order valence-corrected chi connectivity index (χ0v) is 12.9. The molecule has 0 spiro atoms. The first kappa shape index (κ1) is 15.1. The predicted octanol–water partition coefficient (Wildman–Crippen LogP) is 0.163. The Balaban J connectivity index is 1.75. The Bertz CT molecular complexity index is 425. The van der Waals surface area contributed by atoms with Gasteiger partial charge in [-0.05, 0) is 25.5 Å². The van der Waals surface area contributed by atoms with E-state index in [4.69, 9.17) is 0 Å². The van der Waals surface area contributed by atoms with Crippen LogP contribution in [0.3, 0.4) is 0 Å². The van der Waals surface area contributed by atoms with E-state index in [0.717, 1.165) is 19.3 Å². The number of rotatable bonds is 4. The molecule has 2 fully saturated rings. The number of sulfone groups is 1. The molecule has 2 aliphatic rings. The predicted molar refractivity (Wildman–Crippen MR) is 78.1 cm³/mol. The molecule has 0 aromatic carbocycles. The van der Waals surface area contributed by atoms with E-state index < -0.39 is 9.84 Å². The van der Waals surface area contributed by atoms with Gasteiger partial charge in [-0.1, -0.05) is 0 Å². The lowest BCUT2D eigenvalue weighted by atomic mass is 10.2. The monoisotopic (exact) mass is 306 g/mol. The highest BCUT2D eigenvalue weighted by atomic mass is 32.2. The van der Waals surface area contributed by atoms with Crippen molar-refractivity contribution in [1.82, 2.24) is 10.6 Å². The maximum Gasteiger partial charge on any atom is 0.221 e. The van der Waals surface area contributed by atoms with E-state index in [9.17, 15) is 13.2 Å². The number of amides is 1. The Morgan fingerprint density at radius 3 is 2.84 bits per heavy atom. The lowest BCUT2D eigenvalue weighted by Crippen LogP contribution is -2.48. The fourth-order valence-electron chi connectivity index (χ4n) is 2.79. The summed E-state index contributed by atoms with van der Waals surface area (Å²) in [5.74, 6) is 0.239. The molecule has 3 atom stereocenters. The molecule has 1 aliphatic heterocycles. The number of hydrogen-bond donors (Lipinski definition) is 2. The van der Waals surface area contributed by atoms with Gasteiger partial charge in [0.25, 0.3) is 0 Å². The second kappa shape index (κ2) is 6.45. The van der Waals surface area contributed by atoms with Crippen molar-refractivity contribution in [2.75, 3.05) is 24.3 Å². The molecule has 1 saturated heterocycles. The van der Waals surface area contributed by atoms with E-state index >= 15 is 0 Å². The Labute approximate surface area is 119 Å². The summed E-state index contributed by atoms with van der Waals surface area (Å²) in [5, 5.41) is 6.79. The van der Waals surface area contributed by atoms with Gasteiger partial charge in [-0.25, -0.2) is 8.42 Å². The van der Waals surface area contributed by atoms with E-state index in [2.05, 4.69) is 16.9 Å². The van der Waals surface area contributed by atoms with Gasteiger partial charge in [-0.2, -0.15) is 11.8 Å². The minimum atomic E-state index is -2.96. The molecular weight excluding hydrogens is 284 g/mol. The van der Waals surface area contributed by atoms with Crippen LogP contribution in [0.4, 0.5) is 0 Å². The lowest BCUT2D eigenvalue weighted by Gasteiger charge is -2.23. The maximum absolute atomic E-state index is 11.9. The summed E-state index contributed by atoms with van der Waals surface area (Å²) in [6.07, 6.45) is 5.59. The summed E-state index contributed by atoms with van der Waals surface area (Å²) >= 11 is 1.86. The van der Waals surface area contributed by atoms with Gasteiger partial charge in [-0.15, -0.1) is 0 Å². The molecule has 2 N–H and O–H groups in total. The summed E-state index contributed by atoms with van der Waals surface area (Å²) in [4.78, 5) is 11.9. The van der Waals surface area contributed by atoms with Crippen molar-refractivity contribution >= 4 is 27.5 Å². The van der Waals surface area contributed by atoms with Gasteiger partial charge in [0.15, 0.2) is 9.84 Å². The summed E-state index contributed by atoms with van der Waals surface area (Å²) in [6.45, 7) is 0.457. The standard InChI is InChI=1S/C12H22N2O3S2/c1-18-11-3-2-9(6-11)14-12(15)7-10-8-19(16,17)5-4-13-10/h9-11,13H,2-8H2,1H3,(H,14,15). The number of hydrogen-bond acceptors (Lipinski definition) is 5. The minimum absolute atomic E-state index is 0.0265. The molecule has 1 saturated carbocycles.